The molecule has 1 saturated heterocycles. The molecule has 2 N–H and O–H groups in total. The number of nitriles is 1. The number of rotatable bonds is 10. The molecule has 1 aliphatic heterocycles. The molecule has 0 saturated carbocycles. The predicted octanol–water partition coefficient (Wildman–Crippen LogP) is 4.58. The third-order valence-corrected chi connectivity index (χ3v) is 5.48. The molecule has 7 heteroatoms. The second-order valence-corrected chi connectivity index (χ2v) is 7.81. The highest BCUT2D eigenvalue weighted by molar-refractivity contribution is 5.76. The lowest BCUT2D eigenvalue weighted by molar-refractivity contribution is -0.143. The first-order chi connectivity index (χ1) is 15.6. The number of nitrogens with zero attached hydrogens (tertiary/aromatic N) is 1. The summed E-state index contributed by atoms with van der Waals surface area (Å²) in [5.41, 5.74) is 4.37. The van der Waals surface area contributed by atoms with Crippen molar-refractivity contribution >= 4 is 23.0 Å². The average Bonchev–Trinajstić information content (AvgIpc) is 2.81. The van der Waals surface area contributed by atoms with Crippen LogP contribution < -0.4 is 10.6 Å². The Labute approximate surface area is 189 Å². The number of anilines is 3. The molecule has 7 nitrogen and oxygen atoms in total. The van der Waals surface area contributed by atoms with Crippen molar-refractivity contribution in [3.63, 3.8) is 0 Å². The summed E-state index contributed by atoms with van der Waals surface area (Å²) in [4.78, 5) is 12.1. The monoisotopic (exact) mass is 437 g/mol. The summed E-state index contributed by atoms with van der Waals surface area (Å²) in [6.07, 6.45) is 2.16. The summed E-state index contributed by atoms with van der Waals surface area (Å²) in [7, 11) is 1.63. The summed E-state index contributed by atoms with van der Waals surface area (Å²) in [5.74, 6) is -0.349. The Morgan fingerprint density at radius 1 is 1.19 bits per heavy atom. The van der Waals surface area contributed by atoms with Crippen molar-refractivity contribution in [2.75, 3.05) is 44.2 Å². The van der Waals surface area contributed by atoms with Gasteiger partial charge < -0.3 is 24.8 Å². The third-order valence-electron chi connectivity index (χ3n) is 5.48. The van der Waals surface area contributed by atoms with Gasteiger partial charge in [-0.2, -0.15) is 5.26 Å². The standard InChI is InChI=1S/C25H31N3O4/c1-3-32-25(29)15-20(17-30-2)19-6-9-23(27-22-10-12-31-13-11-22)24(14-19)28-21-7-4-18(16-26)5-8-21/h4-9,14,20,22,27-28H,3,10-13,15,17H2,1-2H3. The van der Waals surface area contributed by atoms with Gasteiger partial charge in [0.1, 0.15) is 0 Å². The Morgan fingerprint density at radius 3 is 2.59 bits per heavy atom. The van der Waals surface area contributed by atoms with E-state index in [0.717, 1.165) is 48.7 Å². The van der Waals surface area contributed by atoms with E-state index in [1.54, 1.807) is 26.2 Å². The van der Waals surface area contributed by atoms with Crippen molar-refractivity contribution in [3.8, 4) is 6.07 Å². The van der Waals surface area contributed by atoms with E-state index in [-0.39, 0.29) is 18.3 Å². The molecule has 2 aromatic rings. The van der Waals surface area contributed by atoms with E-state index in [4.69, 9.17) is 19.5 Å². The molecular formula is C25H31N3O4. The molecule has 0 aromatic heterocycles. The highest BCUT2D eigenvalue weighted by atomic mass is 16.5. The van der Waals surface area contributed by atoms with E-state index in [0.29, 0.717) is 24.8 Å². The number of nitrogens with one attached hydrogen (secondary N) is 2. The summed E-state index contributed by atoms with van der Waals surface area (Å²) in [6, 6.07) is 16.0. The van der Waals surface area contributed by atoms with Crippen molar-refractivity contribution in [2.45, 2.75) is 38.1 Å². The molecule has 1 fully saturated rings. The second-order valence-electron chi connectivity index (χ2n) is 7.81. The molecule has 1 unspecified atom stereocenters. The zero-order valence-corrected chi connectivity index (χ0v) is 18.7. The Balaban J connectivity index is 1.88. The van der Waals surface area contributed by atoms with E-state index in [1.165, 1.54) is 0 Å². The molecule has 2 aromatic carbocycles. The lowest BCUT2D eigenvalue weighted by Crippen LogP contribution is -2.28. The lowest BCUT2D eigenvalue weighted by atomic mass is 9.95. The van der Waals surface area contributed by atoms with Crippen LogP contribution in [-0.4, -0.2) is 45.5 Å². The molecule has 0 spiro atoms. The molecule has 0 bridgehead atoms. The van der Waals surface area contributed by atoms with E-state index < -0.39 is 0 Å². The van der Waals surface area contributed by atoms with E-state index in [2.05, 4.69) is 22.8 Å². The number of esters is 1. The van der Waals surface area contributed by atoms with Crippen LogP contribution in [0.25, 0.3) is 0 Å². The fourth-order valence-electron chi connectivity index (χ4n) is 3.79. The molecule has 170 valence electrons. The van der Waals surface area contributed by atoms with Gasteiger partial charge in [0.25, 0.3) is 0 Å². The van der Waals surface area contributed by atoms with Gasteiger partial charge in [-0.1, -0.05) is 6.07 Å². The molecular weight excluding hydrogens is 406 g/mol. The maximum Gasteiger partial charge on any atom is 0.306 e. The van der Waals surface area contributed by atoms with Crippen LogP contribution in [-0.2, 0) is 19.0 Å². The van der Waals surface area contributed by atoms with E-state index in [9.17, 15) is 4.79 Å². The van der Waals surface area contributed by atoms with Crippen LogP contribution in [0.1, 0.15) is 43.2 Å². The molecule has 1 aliphatic rings. The van der Waals surface area contributed by atoms with Crippen LogP contribution in [0.4, 0.5) is 17.1 Å². The van der Waals surface area contributed by atoms with Crippen molar-refractivity contribution in [1.29, 1.82) is 5.26 Å². The van der Waals surface area contributed by atoms with Gasteiger partial charge >= 0.3 is 5.97 Å². The quantitative estimate of drug-likeness (QED) is 0.526. The SMILES string of the molecule is CCOC(=O)CC(COC)c1ccc(NC2CCOCC2)c(Nc2ccc(C#N)cc2)c1. The van der Waals surface area contributed by atoms with Gasteiger partial charge in [-0.05, 0) is 61.7 Å². The van der Waals surface area contributed by atoms with E-state index in [1.807, 2.05) is 24.3 Å². The number of ether oxygens (including phenoxy) is 3. The first-order valence-corrected chi connectivity index (χ1v) is 11.0. The summed E-state index contributed by atoms with van der Waals surface area (Å²) >= 11 is 0. The Bertz CT molecular complexity index is 918. The van der Waals surface area contributed by atoms with Crippen LogP contribution >= 0.6 is 0 Å². The fraction of sp³-hybridized carbons (Fsp3) is 0.440. The average molecular weight is 438 g/mol. The Hall–Kier alpha value is -3.08. The molecule has 1 heterocycles. The molecule has 3 rings (SSSR count). The van der Waals surface area contributed by atoms with E-state index >= 15 is 0 Å². The Morgan fingerprint density at radius 2 is 1.94 bits per heavy atom. The summed E-state index contributed by atoms with van der Waals surface area (Å²) in [5, 5.41) is 16.2. The minimum Gasteiger partial charge on any atom is -0.466 e. The van der Waals surface area contributed by atoms with Crippen LogP contribution in [0.5, 0.6) is 0 Å². The van der Waals surface area contributed by atoms with Crippen molar-refractivity contribution < 1.29 is 19.0 Å². The topological polar surface area (TPSA) is 92.6 Å². The zero-order chi connectivity index (χ0) is 22.8. The number of methoxy groups -OCH3 is 1. The van der Waals surface area contributed by atoms with Crippen molar-refractivity contribution in [2.24, 2.45) is 0 Å². The van der Waals surface area contributed by atoms with Gasteiger partial charge in [-0.3, -0.25) is 4.79 Å². The number of carbonyl (C=O) groups is 1. The summed E-state index contributed by atoms with van der Waals surface area (Å²) < 4.78 is 16.0. The second kappa shape index (κ2) is 12.1. The molecule has 0 radical (unpaired) electrons. The smallest absolute Gasteiger partial charge is 0.306 e. The fourth-order valence-corrected chi connectivity index (χ4v) is 3.79. The van der Waals surface area contributed by atoms with Crippen LogP contribution in [0.2, 0.25) is 0 Å². The molecule has 32 heavy (non-hydrogen) atoms. The van der Waals surface area contributed by atoms with Crippen LogP contribution in [0.15, 0.2) is 42.5 Å². The summed E-state index contributed by atoms with van der Waals surface area (Å²) in [6.45, 7) is 4.09. The predicted molar refractivity (Wildman–Crippen MR) is 124 cm³/mol. The largest absolute Gasteiger partial charge is 0.466 e. The van der Waals surface area contributed by atoms with Crippen molar-refractivity contribution in [3.05, 3.63) is 53.6 Å². The molecule has 0 aliphatic carbocycles. The first-order valence-electron chi connectivity index (χ1n) is 11.0. The third kappa shape index (κ3) is 6.71. The van der Waals surface area contributed by atoms with Crippen molar-refractivity contribution in [1.82, 2.24) is 0 Å². The normalized spacial score (nSPS) is 14.9. The molecule has 1 atom stereocenters. The van der Waals surface area contributed by atoms with Crippen LogP contribution in [0, 0.1) is 11.3 Å². The number of benzene rings is 2. The first kappa shape index (κ1) is 23.6. The highest BCUT2D eigenvalue weighted by Gasteiger charge is 2.20. The Kier molecular flexibility index (Phi) is 8.90. The minimum atomic E-state index is -0.236. The highest BCUT2D eigenvalue weighted by Crippen LogP contribution is 2.32. The lowest BCUT2D eigenvalue weighted by Gasteiger charge is -2.26. The molecule has 0 amide bonds. The van der Waals surface area contributed by atoms with Gasteiger partial charge in [0.15, 0.2) is 0 Å². The van der Waals surface area contributed by atoms with Gasteiger partial charge in [0, 0.05) is 38.0 Å². The maximum atomic E-state index is 12.1. The minimum absolute atomic E-state index is 0.113. The number of carbonyl (C=O) groups excluding carboxylic acids is 1. The van der Waals surface area contributed by atoms with Crippen LogP contribution in [0.3, 0.4) is 0 Å². The number of hydrogen-bond donors (Lipinski definition) is 2. The van der Waals surface area contributed by atoms with Gasteiger partial charge in [-0.15, -0.1) is 0 Å². The maximum absolute atomic E-state index is 12.1. The van der Waals surface area contributed by atoms with Gasteiger partial charge in [0.05, 0.1) is 42.6 Å². The van der Waals surface area contributed by atoms with Gasteiger partial charge in [0.2, 0.25) is 0 Å². The van der Waals surface area contributed by atoms with Gasteiger partial charge in [-0.25, -0.2) is 0 Å². The zero-order valence-electron chi connectivity index (χ0n) is 18.7. The number of hydrogen-bond acceptors (Lipinski definition) is 7.